The molecule has 0 aromatic carbocycles. The number of hydrogen-bond donors (Lipinski definition) is 0. The summed E-state index contributed by atoms with van der Waals surface area (Å²) in [5, 5.41) is 1.51. The molecule has 1 aliphatic heterocycles. The molecule has 0 amide bonds. The van der Waals surface area contributed by atoms with Crippen LogP contribution in [-0.4, -0.2) is 20.6 Å². The largest absolute Gasteiger partial charge is 0.164 e. The Morgan fingerprint density at radius 3 is 1.00 bits per heavy atom. The van der Waals surface area contributed by atoms with Crippen molar-refractivity contribution in [3.8, 4) is 0 Å². The first-order valence-electron chi connectivity index (χ1n) is 7.86. The lowest BCUT2D eigenvalue weighted by Crippen LogP contribution is -2.33. The van der Waals surface area contributed by atoms with Crippen molar-refractivity contribution in [2.45, 2.75) is 104 Å². The minimum Gasteiger partial charge on any atom is -0.0553 e. The molecule has 0 aromatic rings. The molecule has 2 atom stereocenters. The highest BCUT2D eigenvalue weighted by atomic mass is 35.7. The van der Waals surface area contributed by atoms with Gasteiger partial charge in [-0.25, -0.2) is 0 Å². The fourth-order valence-corrected chi connectivity index (χ4v) is 74.6. The van der Waals surface area contributed by atoms with E-state index < -0.39 is 5.99 Å². The third kappa shape index (κ3) is 3.67. The highest BCUT2D eigenvalue weighted by molar-refractivity contribution is 9.17. The van der Waals surface area contributed by atoms with E-state index in [4.69, 9.17) is 11.2 Å². The van der Waals surface area contributed by atoms with Gasteiger partial charge in [-0.15, -0.1) is 0 Å². The zero-order chi connectivity index (χ0) is 17.2. The molecule has 0 nitrogen and oxygen atoms in total. The highest BCUT2D eigenvalue weighted by Crippen LogP contribution is 3.36. The molecular weight excluding hydrogens is 352 g/mol. The van der Waals surface area contributed by atoms with Crippen LogP contribution in [-0.2, 0) is 0 Å². The predicted molar refractivity (Wildman–Crippen MR) is 113 cm³/mol. The van der Waals surface area contributed by atoms with Gasteiger partial charge in [0.1, 0.15) is 14.6 Å². The van der Waals surface area contributed by atoms with Crippen molar-refractivity contribution in [1.29, 1.82) is 0 Å². The third-order valence-corrected chi connectivity index (χ3v) is 55.8. The summed E-state index contributed by atoms with van der Waals surface area (Å²) in [6.45, 7) is 29.4. The van der Waals surface area contributed by atoms with E-state index in [0.29, 0.717) is 15.5 Å². The summed E-state index contributed by atoms with van der Waals surface area (Å²) in [7, 11) is -0.0615. The summed E-state index contributed by atoms with van der Waals surface area (Å²) in [5.41, 5.74) is 0. The fourth-order valence-electron chi connectivity index (χ4n) is 2.85. The maximum atomic E-state index is 7.67. The first-order chi connectivity index (χ1) is 8.86. The minimum absolute atomic E-state index is 0.0530. The average Bonchev–Trinajstić information content (AvgIpc) is 2.03. The molecule has 0 aliphatic carbocycles. The summed E-state index contributed by atoms with van der Waals surface area (Å²) in [4.78, 5) is 0. The van der Waals surface area contributed by atoms with Gasteiger partial charge in [-0.3, -0.25) is 0 Å². The topological polar surface area (TPSA) is 0 Å². The standard InChI is InChI=1S/C16H36ClP4/c1-13(2,3)18-19(14(4,5)6)21(17,16(10,11)12)20(18)15(7,8)9/h1-12H3/q+1. The van der Waals surface area contributed by atoms with E-state index in [1.165, 1.54) is 0 Å². The monoisotopic (exact) mass is 387 g/mol. The van der Waals surface area contributed by atoms with Gasteiger partial charge in [-0.05, 0) is 25.9 Å². The van der Waals surface area contributed by atoms with Gasteiger partial charge >= 0.3 is 0 Å². The molecule has 1 heterocycles. The molecule has 0 spiro atoms. The Bertz CT molecular complexity index is 370. The van der Waals surface area contributed by atoms with E-state index in [2.05, 4.69) is 83.1 Å². The van der Waals surface area contributed by atoms with Crippen LogP contribution >= 0.6 is 39.1 Å². The zero-order valence-electron chi connectivity index (χ0n) is 16.2. The summed E-state index contributed by atoms with van der Waals surface area (Å²) in [6, 6.07) is 0. The van der Waals surface area contributed by atoms with Crippen LogP contribution in [0.2, 0.25) is 0 Å². The Kier molecular flexibility index (Phi) is 5.79. The molecule has 0 radical (unpaired) electrons. The van der Waals surface area contributed by atoms with Crippen LogP contribution < -0.4 is 0 Å². The van der Waals surface area contributed by atoms with Crippen molar-refractivity contribution in [2.75, 3.05) is 0 Å². The highest BCUT2D eigenvalue weighted by Gasteiger charge is 2.81. The van der Waals surface area contributed by atoms with Gasteiger partial charge in [0.25, 0.3) is 0 Å². The van der Waals surface area contributed by atoms with Crippen LogP contribution in [0.15, 0.2) is 0 Å². The van der Waals surface area contributed by atoms with E-state index in [-0.39, 0.29) is 27.1 Å². The van der Waals surface area contributed by atoms with E-state index in [0.717, 1.165) is 0 Å². The molecule has 5 heteroatoms. The SMILES string of the molecule is CC(C)(C)P1P(C(C)(C)C)[P+](Cl)(C(C)(C)C)P1C(C)(C)C. The quantitative estimate of drug-likeness (QED) is 0.363. The molecule has 1 saturated heterocycles. The Hall–Kier alpha value is 2.01. The van der Waals surface area contributed by atoms with Gasteiger partial charge in [-0.2, -0.15) is 0 Å². The lowest BCUT2D eigenvalue weighted by Gasteiger charge is -2.64. The van der Waals surface area contributed by atoms with Crippen molar-refractivity contribution < 1.29 is 0 Å². The Morgan fingerprint density at radius 2 is 0.857 bits per heavy atom. The molecule has 0 aromatic heterocycles. The predicted octanol–water partition coefficient (Wildman–Crippen LogP) is 9.47. The molecule has 126 valence electrons. The van der Waals surface area contributed by atoms with Crippen molar-refractivity contribution in [3.05, 3.63) is 0 Å². The van der Waals surface area contributed by atoms with E-state index >= 15 is 0 Å². The Balaban J connectivity index is 3.52. The second kappa shape index (κ2) is 5.78. The molecule has 1 aliphatic rings. The van der Waals surface area contributed by atoms with E-state index in [9.17, 15) is 0 Å². The first kappa shape index (κ1) is 21.1. The molecule has 1 rings (SSSR count). The molecule has 2 unspecified atom stereocenters. The maximum Gasteiger partial charge on any atom is 0.164 e. The summed E-state index contributed by atoms with van der Waals surface area (Å²) >= 11 is 7.67. The minimum atomic E-state index is -1.41. The van der Waals surface area contributed by atoms with E-state index in [1.807, 2.05) is 0 Å². The second-order valence-electron chi connectivity index (χ2n) is 10.1. The molecule has 1 fully saturated rings. The van der Waals surface area contributed by atoms with Crippen LogP contribution in [0.4, 0.5) is 0 Å². The maximum absolute atomic E-state index is 7.67. The summed E-state index contributed by atoms with van der Waals surface area (Å²) in [6.07, 6.45) is 0. The van der Waals surface area contributed by atoms with Gasteiger partial charge in [0.15, 0.2) is 5.99 Å². The molecule has 0 N–H and O–H groups in total. The molecule has 0 saturated carbocycles. The van der Waals surface area contributed by atoms with Gasteiger partial charge in [0, 0.05) is 17.6 Å². The van der Waals surface area contributed by atoms with E-state index in [1.54, 1.807) is 0 Å². The van der Waals surface area contributed by atoms with Gasteiger partial charge in [0.2, 0.25) is 0 Å². The normalized spacial score (nSPS) is 35.6. The van der Waals surface area contributed by atoms with Crippen LogP contribution in [0.25, 0.3) is 0 Å². The zero-order valence-corrected chi connectivity index (χ0v) is 20.5. The smallest absolute Gasteiger partial charge is 0.0553 e. The third-order valence-electron chi connectivity index (χ3n) is 3.51. The molecule has 0 bridgehead atoms. The fraction of sp³-hybridized carbons (Fsp3) is 1.00. The molecular formula is C16H36ClP4+. The van der Waals surface area contributed by atoms with Crippen LogP contribution in [0.5, 0.6) is 0 Å². The van der Waals surface area contributed by atoms with Gasteiger partial charge < -0.3 is 0 Å². The van der Waals surface area contributed by atoms with Gasteiger partial charge in [-0.1, -0.05) is 62.3 Å². The lowest BCUT2D eigenvalue weighted by atomic mass is 10.3. The lowest BCUT2D eigenvalue weighted by molar-refractivity contribution is 0.764. The first-order valence-corrected chi connectivity index (χ1v) is 17.4. The van der Waals surface area contributed by atoms with Crippen LogP contribution in [0.1, 0.15) is 83.1 Å². The van der Waals surface area contributed by atoms with Crippen molar-refractivity contribution in [1.82, 2.24) is 0 Å². The summed E-state index contributed by atoms with van der Waals surface area (Å²) in [5.74, 6) is -1.41. The van der Waals surface area contributed by atoms with Crippen LogP contribution in [0, 0.1) is 0 Å². The Morgan fingerprint density at radius 1 is 0.571 bits per heavy atom. The van der Waals surface area contributed by atoms with Crippen molar-refractivity contribution in [2.24, 2.45) is 0 Å². The van der Waals surface area contributed by atoms with Gasteiger partial charge in [0.05, 0.1) is 16.4 Å². The Labute approximate surface area is 142 Å². The second-order valence-corrected chi connectivity index (χ2v) is 35.8. The van der Waals surface area contributed by atoms with Crippen molar-refractivity contribution in [3.63, 3.8) is 0 Å². The van der Waals surface area contributed by atoms with Crippen LogP contribution in [0.3, 0.4) is 0 Å². The molecule has 21 heavy (non-hydrogen) atoms. The number of hydrogen-bond acceptors (Lipinski definition) is 0. The average molecular weight is 388 g/mol. The number of halogens is 1. The number of rotatable bonds is 0. The summed E-state index contributed by atoms with van der Waals surface area (Å²) < 4.78 is 0. The van der Waals surface area contributed by atoms with Crippen molar-refractivity contribution >= 4 is 39.1 Å².